The fourth-order valence-electron chi connectivity index (χ4n) is 1.45. The summed E-state index contributed by atoms with van der Waals surface area (Å²) in [4.78, 5) is 15.8. The number of hydrogen-bond donors (Lipinski definition) is 1. The number of nitrogens with one attached hydrogen (secondary N) is 1. The molecule has 6 nitrogen and oxygen atoms in total. The summed E-state index contributed by atoms with van der Waals surface area (Å²) in [6.07, 6.45) is 4.24. The minimum absolute atomic E-state index is 0.138. The molecule has 2 rings (SSSR count). The van der Waals surface area contributed by atoms with Gasteiger partial charge in [0.2, 0.25) is 0 Å². The average Bonchev–Trinajstić information content (AvgIpc) is 2.80. The monoisotopic (exact) mass is 265 g/mol. The highest BCUT2D eigenvalue weighted by Crippen LogP contribution is 2.15. The number of Topliss-reactive ketones (excluding diaryl/α,β-unsaturated/α-hetero) is 1. The molecule has 0 unspecified atom stereocenters. The molecule has 0 aliphatic carbocycles. The van der Waals surface area contributed by atoms with E-state index in [1.54, 1.807) is 24.5 Å². The normalized spacial score (nSPS) is 11.4. The van der Waals surface area contributed by atoms with Gasteiger partial charge in [0.15, 0.2) is 15.6 Å². The number of sulfone groups is 1. The van der Waals surface area contributed by atoms with Crippen molar-refractivity contribution in [3.8, 4) is 11.3 Å². The van der Waals surface area contributed by atoms with Crippen molar-refractivity contribution in [3.63, 3.8) is 0 Å². The smallest absolute Gasteiger partial charge is 0.196 e. The van der Waals surface area contributed by atoms with E-state index < -0.39 is 21.4 Å². The minimum atomic E-state index is -3.35. The Morgan fingerprint density at radius 3 is 2.78 bits per heavy atom. The van der Waals surface area contributed by atoms with Gasteiger partial charge in [-0.2, -0.15) is 5.10 Å². The summed E-state index contributed by atoms with van der Waals surface area (Å²) in [5, 5.41) is 6.43. The zero-order chi connectivity index (χ0) is 13.2. The van der Waals surface area contributed by atoms with Crippen LogP contribution in [0.15, 0.2) is 30.6 Å². The lowest BCUT2D eigenvalue weighted by Gasteiger charge is -2.01. The highest BCUT2D eigenvalue weighted by molar-refractivity contribution is 7.91. The van der Waals surface area contributed by atoms with Gasteiger partial charge < -0.3 is 0 Å². The first-order valence-electron chi connectivity index (χ1n) is 5.13. The van der Waals surface area contributed by atoms with E-state index in [-0.39, 0.29) is 5.69 Å². The molecule has 2 aromatic heterocycles. The van der Waals surface area contributed by atoms with Crippen molar-refractivity contribution in [1.29, 1.82) is 0 Å². The molecule has 0 bridgehead atoms. The Hall–Kier alpha value is -2.02. The molecule has 0 radical (unpaired) electrons. The maximum absolute atomic E-state index is 11.7. The average molecular weight is 265 g/mol. The summed E-state index contributed by atoms with van der Waals surface area (Å²) in [6, 6.07) is 4.88. The third-order valence-electron chi connectivity index (χ3n) is 2.22. The van der Waals surface area contributed by atoms with Crippen LogP contribution in [0, 0.1) is 0 Å². The molecule has 2 aromatic rings. The highest BCUT2D eigenvalue weighted by Gasteiger charge is 2.15. The van der Waals surface area contributed by atoms with Gasteiger partial charge in [0.05, 0.1) is 11.9 Å². The predicted molar refractivity (Wildman–Crippen MR) is 65.9 cm³/mol. The number of carbonyl (C=O) groups excluding carboxylic acids is 1. The molecule has 7 heteroatoms. The highest BCUT2D eigenvalue weighted by atomic mass is 32.2. The van der Waals surface area contributed by atoms with E-state index in [1.165, 1.54) is 6.07 Å². The number of aromatic nitrogens is 3. The van der Waals surface area contributed by atoms with Crippen molar-refractivity contribution in [3.05, 3.63) is 36.3 Å². The second-order valence-corrected chi connectivity index (χ2v) is 6.03. The summed E-state index contributed by atoms with van der Waals surface area (Å²) >= 11 is 0. The van der Waals surface area contributed by atoms with Crippen molar-refractivity contribution in [1.82, 2.24) is 15.2 Å². The van der Waals surface area contributed by atoms with E-state index >= 15 is 0 Å². The Kier molecular flexibility index (Phi) is 3.24. The van der Waals surface area contributed by atoms with Gasteiger partial charge in [0.25, 0.3) is 0 Å². The van der Waals surface area contributed by atoms with Crippen LogP contribution in [0.4, 0.5) is 0 Å². The first-order chi connectivity index (χ1) is 8.46. The van der Waals surface area contributed by atoms with Crippen molar-refractivity contribution in [2.75, 3.05) is 12.0 Å². The summed E-state index contributed by atoms with van der Waals surface area (Å²) in [7, 11) is -3.35. The SMILES string of the molecule is CS(=O)(=O)CC(=O)c1cccc(-c2cn[nH]c2)n1. The van der Waals surface area contributed by atoms with Crippen LogP contribution in [0.5, 0.6) is 0 Å². The van der Waals surface area contributed by atoms with Crippen molar-refractivity contribution in [2.45, 2.75) is 0 Å². The molecule has 0 aliphatic heterocycles. The fourth-order valence-corrected chi connectivity index (χ4v) is 2.08. The minimum Gasteiger partial charge on any atom is -0.291 e. The van der Waals surface area contributed by atoms with Crippen LogP contribution in [0.25, 0.3) is 11.3 Å². The lowest BCUT2D eigenvalue weighted by Crippen LogP contribution is -2.15. The van der Waals surface area contributed by atoms with Gasteiger partial charge in [-0.15, -0.1) is 0 Å². The maximum atomic E-state index is 11.7. The third-order valence-corrected chi connectivity index (χ3v) is 3.01. The third kappa shape index (κ3) is 3.01. The fraction of sp³-hybridized carbons (Fsp3) is 0.182. The van der Waals surface area contributed by atoms with Crippen LogP contribution in [0.1, 0.15) is 10.5 Å². The van der Waals surface area contributed by atoms with E-state index in [0.717, 1.165) is 11.8 Å². The molecular weight excluding hydrogens is 254 g/mol. The maximum Gasteiger partial charge on any atom is 0.196 e. The molecule has 94 valence electrons. The molecule has 0 fully saturated rings. The number of ketones is 1. The molecule has 0 saturated heterocycles. The largest absolute Gasteiger partial charge is 0.291 e. The first-order valence-corrected chi connectivity index (χ1v) is 7.19. The lowest BCUT2D eigenvalue weighted by molar-refractivity contribution is 0.101. The van der Waals surface area contributed by atoms with Gasteiger partial charge in [0, 0.05) is 18.0 Å². The second kappa shape index (κ2) is 4.69. The van der Waals surface area contributed by atoms with E-state index in [9.17, 15) is 13.2 Å². The molecule has 0 atom stereocenters. The van der Waals surface area contributed by atoms with Gasteiger partial charge in [-0.3, -0.25) is 9.89 Å². The molecule has 0 aliphatic rings. The van der Waals surface area contributed by atoms with Crippen molar-refractivity contribution >= 4 is 15.6 Å². The summed E-state index contributed by atoms with van der Waals surface area (Å²) in [5.41, 5.74) is 1.45. The number of hydrogen-bond acceptors (Lipinski definition) is 5. The molecule has 18 heavy (non-hydrogen) atoms. The standard InChI is InChI=1S/C11H11N3O3S/c1-18(16,17)7-11(15)10-4-2-3-9(14-10)8-5-12-13-6-8/h2-6H,7H2,1H3,(H,12,13). The summed E-state index contributed by atoms with van der Waals surface area (Å²) in [5.74, 6) is -1.04. The van der Waals surface area contributed by atoms with Gasteiger partial charge in [0.1, 0.15) is 11.4 Å². The van der Waals surface area contributed by atoms with E-state index in [2.05, 4.69) is 15.2 Å². The molecular formula is C11H11N3O3S. The van der Waals surface area contributed by atoms with Crippen LogP contribution in [0.2, 0.25) is 0 Å². The van der Waals surface area contributed by atoms with E-state index in [0.29, 0.717) is 5.69 Å². The number of pyridine rings is 1. The van der Waals surface area contributed by atoms with Gasteiger partial charge >= 0.3 is 0 Å². The van der Waals surface area contributed by atoms with Crippen LogP contribution in [-0.4, -0.2) is 41.4 Å². The molecule has 0 aromatic carbocycles. The quantitative estimate of drug-likeness (QED) is 0.821. The zero-order valence-electron chi connectivity index (χ0n) is 9.62. The Labute approximate surface area is 104 Å². The Bertz CT molecular complexity index is 663. The summed E-state index contributed by atoms with van der Waals surface area (Å²) in [6.45, 7) is 0. The molecule has 0 amide bonds. The molecule has 0 saturated carbocycles. The van der Waals surface area contributed by atoms with Crippen molar-refractivity contribution in [2.24, 2.45) is 0 Å². The zero-order valence-corrected chi connectivity index (χ0v) is 10.4. The van der Waals surface area contributed by atoms with Crippen molar-refractivity contribution < 1.29 is 13.2 Å². The number of nitrogens with zero attached hydrogens (tertiary/aromatic N) is 2. The predicted octanol–water partition coefficient (Wildman–Crippen LogP) is 0.699. The molecule has 0 spiro atoms. The molecule has 2 heterocycles. The van der Waals surface area contributed by atoms with Crippen LogP contribution in [-0.2, 0) is 9.84 Å². The Morgan fingerprint density at radius 2 is 2.17 bits per heavy atom. The van der Waals surface area contributed by atoms with Gasteiger partial charge in [-0.05, 0) is 12.1 Å². The number of carbonyl (C=O) groups is 1. The summed E-state index contributed by atoms with van der Waals surface area (Å²) < 4.78 is 22.1. The van der Waals surface area contributed by atoms with E-state index in [4.69, 9.17) is 0 Å². The molecule has 1 N–H and O–H groups in total. The topological polar surface area (TPSA) is 92.8 Å². The number of aromatic amines is 1. The van der Waals surface area contributed by atoms with Crippen LogP contribution >= 0.6 is 0 Å². The Balaban J connectivity index is 2.31. The number of H-pyrrole nitrogens is 1. The van der Waals surface area contributed by atoms with E-state index in [1.807, 2.05) is 0 Å². The first kappa shape index (κ1) is 12.4. The Morgan fingerprint density at radius 1 is 1.39 bits per heavy atom. The van der Waals surface area contributed by atoms with Gasteiger partial charge in [-0.1, -0.05) is 6.07 Å². The van der Waals surface area contributed by atoms with Gasteiger partial charge in [-0.25, -0.2) is 13.4 Å². The second-order valence-electron chi connectivity index (χ2n) is 3.89. The lowest BCUT2D eigenvalue weighted by atomic mass is 10.2. The van der Waals surface area contributed by atoms with Crippen LogP contribution in [0.3, 0.4) is 0 Å². The number of rotatable bonds is 4. The van der Waals surface area contributed by atoms with Crippen LogP contribution < -0.4 is 0 Å².